The first-order valence-corrected chi connectivity index (χ1v) is 2.14. The monoisotopic (exact) mass is 109 g/mol. The molecule has 0 rings (SSSR count). The van der Waals surface area contributed by atoms with E-state index in [-0.39, 0.29) is 0 Å². The standard InChI is InChI=1S/C6H7NO/c1-3-4-5-8-6-7-2/h1,7H,6H2,2H3. The Morgan fingerprint density at radius 1 is 1.75 bits per heavy atom. The first kappa shape index (κ1) is 6.88. The molecule has 0 fully saturated rings. The van der Waals surface area contributed by atoms with Crippen molar-refractivity contribution in [3.05, 3.63) is 0 Å². The third-order valence-corrected chi connectivity index (χ3v) is 0.412. The van der Waals surface area contributed by atoms with Crippen LogP contribution in [0.3, 0.4) is 0 Å². The minimum atomic E-state index is 0.411. The van der Waals surface area contributed by atoms with Crippen molar-refractivity contribution in [1.29, 1.82) is 0 Å². The van der Waals surface area contributed by atoms with Crippen LogP contribution in [0.25, 0.3) is 0 Å². The summed E-state index contributed by atoms with van der Waals surface area (Å²) < 4.78 is 4.61. The molecule has 0 amide bonds. The second-order valence-corrected chi connectivity index (χ2v) is 1.01. The van der Waals surface area contributed by atoms with Crippen LogP contribution in [-0.2, 0) is 4.74 Å². The molecule has 1 N–H and O–H groups in total. The van der Waals surface area contributed by atoms with E-state index in [0.717, 1.165) is 0 Å². The summed E-state index contributed by atoms with van der Waals surface area (Å²) in [6.45, 7) is 0.411. The van der Waals surface area contributed by atoms with Crippen molar-refractivity contribution in [3.63, 3.8) is 0 Å². The molecule has 0 aromatic carbocycles. The van der Waals surface area contributed by atoms with Gasteiger partial charge in [-0.3, -0.25) is 5.32 Å². The fourth-order valence-electron chi connectivity index (χ4n) is 0.174. The highest BCUT2D eigenvalue weighted by Crippen LogP contribution is 1.59. The van der Waals surface area contributed by atoms with Crippen LogP contribution < -0.4 is 5.32 Å². The molecule has 0 saturated carbocycles. The molecule has 0 unspecified atom stereocenters. The molecular formula is C6H7NO. The summed E-state index contributed by atoms with van der Waals surface area (Å²) in [6.07, 6.45) is 7.07. The summed E-state index contributed by atoms with van der Waals surface area (Å²) in [5, 5.41) is 2.73. The van der Waals surface area contributed by atoms with Crippen molar-refractivity contribution in [2.45, 2.75) is 0 Å². The van der Waals surface area contributed by atoms with Gasteiger partial charge in [0.25, 0.3) is 0 Å². The van der Waals surface area contributed by atoms with E-state index in [1.54, 1.807) is 7.05 Å². The minimum Gasteiger partial charge on any atom is -0.430 e. The van der Waals surface area contributed by atoms with Gasteiger partial charge in [-0.1, -0.05) is 0 Å². The summed E-state index contributed by atoms with van der Waals surface area (Å²) in [4.78, 5) is 0. The lowest BCUT2D eigenvalue weighted by molar-refractivity contribution is 0.258. The molecule has 8 heavy (non-hydrogen) atoms. The molecule has 0 aliphatic rings. The molecule has 0 aliphatic heterocycles. The zero-order valence-corrected chi connectivity index (χ0v) is 4.69. The van der Waals surface area contributed by atoms with Gasteiger partial charge in [0, 0.05) is 5.92 Å². The second kappa shape index (κ2) is 5.88. The molecule has 0 radical (unpaired) electrons. The van der Waals surface area contributed by atoms with Crippen molar-refractivity contribution >= 4 is 0 Å². The number of hydrogen-bond acceptors (Lipinski definition) is 2. The Morgan fingerprint density at radius 2 is 2.50 bits per heavy atom. The quantitative estimate of drug-likeness (QED) is 0.300. The van der Waals surface area contributed by atoms with Gasteiger partial charge >= 0.3 is 0 Å². The van der Waals surface area contributed by atoms with Gasteiger partial charge in [-0.25, -0.2) is 0 Å². The molecule has 42 valence electrons. The van der Waals surface area contributed by atoms with Gasteiger partial charge in [0.2, 0.25) is 0 Å². The number of nitrogens with one attached hydrogen (secondary N) is 1. The van der Waals surface area contributed by atoms with E-state index in [4.69, 9.17) is 6.42 Å². The van der Waals surface area contributed by atoms with Crippen molar-refractivity contribution < 1.29 is 4.74 Å². The van der Waals surface area contributed by atoms with E-state index in [9.17, 15) is 0 Å². The Morgan fingerprint density at radius 3 is 3.00 bits per heavy atom. The zero-order chi connectivity index (χ0) is 6.24. The van der Waals surface area contributed by atoms with Crippen LogP contribution >= 0.6 is 0 Å². The predicted octanol–water partition coefficient (Wildman–Crippen LogP) is -0.226. The lowest BCUT2D eigenvalue weighted by atomic mass is 10.7. The van der Waals surface area contributed by atoms with Crippen molar-refractivity contribution in [1.82, 2.24) is 5.32 Å². The summed E-state index contributed by atoms with van der Waals surface area (Å²) >= 11 is 0. The molecule has 0 aromatic heterocycles. The molecule has 0 spiro atoms. The maximum atomic E-state index is 4.79. The number of terminal acetylenes is 1. The number of hydrogen-bond donors (Lipinski definition) is 1. The van der Waals surface area contributed by atoms with E-state index in [2.05, 4.69) is 28.0 Å². The molecule has 0 saturated heterocycles. The van der Waals surface area contributed by atoms with Gasteiger partial charge in [0.15, 0.2) is 6.73 Å². The van der Waals surface area contributed by atoms with Gasteiger partial charge in [0.05, 0.1) is 0 Å². The van der Waals surface area contributed by atoms with Crippen LogP contribution in [0, 0.1) is 24.4 Å². The van der Waals surface area contributed by atoms with Gasteiger partial charge in [-0.15, -0.1) is 6.42 Å². The topological polar surface area (TPSA) is 21.3 Å². The predicted molar refractivity (Wildman–Crippen MR) is 31.6 cm³/mol. The first-order valence-electron chi connectivity index (χ1n) is 2.14. The third kappa shape index (κ3) is 4.88. The molecular weight excluding hydrogens is 102 g/mol. The average molecular weight is 109 g/mol. The average Bonchev–Trinajstić information content (AvgIpc) is 1.81. The van der Waals surface area contributed by atoms with E-state index >= 15 is 0 Å². The molecule has 2 nitrogen and oxygen atoms in total. The fraction of sp³-hybridized carbons (Fsp3) is 0.333. The summed E-state index contributed by atoms with van der Waals surface area (Å²) in [6, 6.07) is 0. The number of rotatable bonds is 2. The molecule has 0 aromatic rings. The molecule has 0 heterocycles. The lowest BCUT2D eigenvalue weighted by Crippen LogP contribution is -2.08. The Labute approximate surface area is 49.2 Å². The van der Waals surface area contributed by atoms with Crippen LogP contribution in [0.5, 0.6) is 0 Å². The van der Waals surface area contributed by atoms with E-state index in [0.29, 0.717) is 6.73 Å². The zero-order valence-electron chi connectivity index (χ0n) is 4.69. The number of ether oxygens (including phenoxy) is 1. The molecule has 0 atom stereocenters. The van der Waals surface area contributed by atoms with Crippen molar-refractivity contribution in [3.8, 4) is 24.4 Å². The lowest BCUT2D eigenvalue weighted by Gasteiger charge is -1.89. The highest BCUT2D eigenvalue weighted by atomic mass is 16.5. The van der Waals surface area contributed by atoms with Gasteiger partial charge < -0.3 is 4.74 Å². The minimum absolute atomic E-state index is 0.411. The Kier molecular flexibility index (Phi) is 5.06. The molecule has 0 aliphatic carbocycles. The van der Waals surface area contributed by atoms with Crippen LogP contribution in [0.1, 0.15) is 0 Å². The normalized spacial score (nSPS) is 6.00. The summed E-state index contributed by atoms with van der Waals surface area (Å²) in [5.41, 5.74) is 0. The van der Waals surface area contributed by atoms with Gasteiger partial charge in [-0.2, -0.15) is 0 Å². The van der Waals surface area contributed by atoms with E-state index in [1.165, 1.54) is 0 Å². The van der Waals surface area contributed by atoms with Crippen LogP contribution in [0.15, 0.2) is 0 Å². The van der Waals surface area contributed by atoms with Crippen LogP contribution in [0.2, 0.25) is 0 Å². The van der Waals surface area contributed by atoms with E-state index in [1.807, 2.05) is 0 Å². The second-order valence-electron chi connectivity index (χ2n) is 1.01. The smallest absolute Gasteiger partial charge is 0.151 e. The maximum absolute atomic E-state index is 4.79. The Balaban J connectivity index is 3.06. The van der Waals surface area contributed by atoms with Gasteiger partial charge in [0.1, 0.15) is 6.11 Å². The van der Waals surface area contributed by atoms with Crippen LogP contribution in [-0.4, -0.2) is 13.8 Å². The Hall–Kier alpha value is -1.12. The SMILES string of the molecule is C#CC#COCNC. The Bertz CT molecular complexity index is 135. The molecule has 0 bridgehead atoms. The van der Waals surface area contributed by atoms with Crippen LogP contribution in [0.4, 0.5) is 0 Å². The van der Waals surface area contributed by atoms with E-state index < -0.39 is 0 Å². The highest BCUT2D eigenvalue weighted by molar-refractivity contribution is 5.18. The third-order valence-electron chi connectivity index (χ3n) is 0.412. The largest absolute Gasteiger partial charge is 0.430 e. The van der Waals surface area contributed by atoms with Gasteiger partial charge in [-0.05, 0) is 13.0 Å². The first-order chi connectivity index (χ1) is 3.91. The fourth-order valence-corrected chi connectivity index (χ4v) is 0.174. The van der Waals surface area contributed by atoms with Crippen molar-refractivity contribution in [2.24, 2.45) is 0 Å². The van der Waals surface area contributed by atoms with Crippen molar-refractivity contribution in [2.75, 3.05) is 13.8 Å². The highest BCUT2D eigenvalue weighted by Gasteiger charge is 1.67. The maximum Gasteiger partial charge on any atom is 0.151 e. The summed E-state index contributed by atoms with van der Waals surface area (Å²) in [7, 11) is 1.76. The molecule has 2 heteroatoms. The summed E-state index contributed by atoms with van der Waals surface area (Å²) in [5.74, 6) is 4.41.